The Morgan fingerprint density at radius 3 is 2.39 bits per heavy atom. The molecule has 0 aliphatic heterocycles. The van der Waals surface area contributed by atoms with Crippen molar-refractivity contribution in [3.63, 3.8) is 0 Å². The highest BCUT2D eigenvalue weighted by Crippen LogP contribution is 2.29. The van der Waals surface area contributed by atoms with Crippen molar-refractivity contribution in [2.45, 2.75) is 25.5 Å². The van der Waals surface area contributed by atoms with Gasteiger partial charge in [0.25, 0.3) is 0 Å². The van der Waals surface area contributed by atoms with E-state index in [1.54, 1.807) is 7.11 Å². The summed E-state index contributed by atoms with van der Waals surface area (Å²) in [4.78, 5) is 0. The maximum absolute atomic E-state index is 5.68. The summed E-state index contributed by atoms with van der Waals surface area (Å²) in [5, 5.41) is 2.44. The van der Waals surface area contributed by atoms with Gasteiger partial charge in [0.1, 0.15) is 0 Å². The van der Waals surface area contributed by atoms with Crippen LogP contribution >= 0.6 is 0 Å². The number of nitrogens with one attached hydrogen (secondary N) is 1. The molecule has 0 amide bonds. The Morgan fingerprint density at radius 1 is 1.11 bits per heavy atom. The van der Waals surface area contributed by atoms with Gasteiger partial charge < -0.3 is 4.74 Å². The molecule has 0 fully saturated rings. The average Bonchev–Trinajstić information content (AvgIpc) is 2.39. The second kappa shape index (κ2) is 5.06. The lowest BCUT2D eigenvalue weighted by Crippen LogP contribution is -2.43. The predicted octanol–water partition coefficient (Wildman–Crippen LogP) is 2.77. The van der Waals surface area contributed by atoms with E-state index < -0.39 is 0 Å². The van der Waals surface area contributed by atoms with Gasteiger partial charge in [-0.15, -0.1) is 0 Å². The number of benzene rings is 2. The molecule has 2 rings (SSSR count). The van der Waals surface area contributed by atoms with Crippen molar-refractivity contribution in [1.29, 1.82) is 0 Å². The Balaban J connectivity index is 2.46. The average molecular weight is 244 g/mol. The highest BCUT2D eigenvalue weighted by atomic mass is 16.5. The van der Waals surface area contributed by atoms with Gasteiger partial charge in [0.2, 0.25) is 0 Å². The fourth-order valence-corrected chi connectivity index (χ4v) is 2.20. The van der Waals surface area contributed by atoms with Crippen molar-refractivity contribution in [2.24, 2.45) is 5.84 Å². The Hall–Kier alpha value is -1.42. The first-order valence-corrected chi connectivity index (χ1v) is 6.08. The number of hydrogen-bond acceptors (Lipinski definition) is 3. The molecule has 18 heavy (non-hydrogen) atoms. The number of hydrogen-bond donors (Lipinski definition) is 2. The van der Waals surface area contributed by atoms with E-state index in [1.807, 2.05) is 26.0 Å². The van der Waals surface area contributed by atoms with E-state index in [9.17, 15) is 0 Å². The summed E-state index contributed by atoms with van der Waals surface area (Å²) < 4.78 is 5.51. The van der Waals surface area contributed by atoms with Crippen LogP contribution in [0.3, 0.4) is 0 Å². The molecule has 1 unspecified atom stereocenters. The van der Waals surface area contributed by atoms with Crippen LogP contribution in [0.15, 0.2) is 42.5 Å². The second-order valence-electron chi connectivity index (χ2n) is 5.01. The van der Waals surface area contributed by atoms with Gasteiger partial charge in [-0.1, -0.05) is 36.4 Å². The molecule has 0 spiro atoms. The number of nitrogens with two attached hydrogens (primary N) is 1. The number of methoxy groups -OCH3 is 1. The van der Waals surface area contributed by atoms with Crippen LogP contribution in [-0.4, -0.2) is 12.7 Å². The summed E-state index contributed by atoms with van der Waals surface area (Å²) in [6.07, 6.45) is 0. The molecule has 0 aromatic heterocycles. The predicted molar refractivity (Wildman–Crippen MR) is 75.1 cm³/mol. The number of rotatable bonds is 4. The molecule has 0 bridgehead atoms. The third kappa shape index (κ3) is 2.38. The van der Waals surface area contributed by atoms with Crippen LogP contribution in [0.2, 0.25) is 0 Å². The zero-order valence-corrected chi connectivity index (χ0v) is 11.1. The summed E-state index contributed by atoms with van der Waals surface area (Å²) in [6.45, 7) is 4.04. The van der Waals surface area contributed by atoms with Crippen LogP contribution in [0.4, 0.5) is 0 Å². The monoisotopic (exact) mass is 244 g/mol. The Labute approximate surface area is 108 Å². The van der Waals surface area contributed by atoms with Gasteiger partial charge in [0.05, 0.1) is 11.6 Å². The summed E-state index contributed by atoms with van der Waals surface area (Å²) in [7, 11) is 1.70. The van der Waals surface area contributed by atoms with Gasteiger partial charge in [-0.25, -0.2) is 0 Å². The molecule has 3 heteroatoms. The molecule has 0 heterocycles. The fourth-order valence-electron chi connectivity index (χ4n) is 2.20. The molecule has 96 valence electrons. The van der Waals surface area contributed by atoms with Gasteiger partial charge in [0.15, 0.2) is 0 Å². The molecule has 0 saturated heterocycles. The van der Waals surface area contributed by atoms with E-state index in [4.69, 9.17) is 10.6 Å². The number of ether oxygens (including phenoxy) is 1. The molecular formula is C15H20N2O. The Kier molecular flexibility index (Phi) is 3.66. The first-order valence-electron chi connectivity index (χ1n) is 6.08. The van der Waals surface area contributed by atoms with Crippen molar-refractivity contribution in [2.75, 3.05) is 7.11 Å². The fraction of sp³-hybridized carbons (Fsp3) is 0.333. The highest BCUT2D eigenvalue weighted by Gasteiger charge is 2.29. The molecule has 1 atom stereocenters. The largest absolute Gasteiger partial charge is 0.377 e. The number of fused-ring (bicyclic) bond motifs is 1. The van der Waals surface area contributed by atoms with E-state index in [2.05, 4.69) is 35.8 Å². The lowest BCUT2D eigenvalue weighted by molar-refractivity contribution is -0.0111. The van der Waals surface area contributed by atoms with Crippen LogP contribution in [0.1, 0.15) is 25.5 Å². The van der Waals surface area contributed by atoms with E-state index in [0.29, 0.717) is 0 Å². The summed E-state index contributed by atoms with van der Waals surface area (Å²) in [5.41, 5.74) is 3.61. The molecule has 3 nitrogen and oxygen atoms in total. The number of hydrazine groups is 1. The lowest BCUT2D eigenvalue weighted by Gasteiger charge is -2.33. The standard InChI is InChI=1S/C15H20N2O/c1-15(2,18-3)14(17-16)13-9-8-11-6-4-5-7-12(11)10-13/h4-10,14,17H,16H2,1-3H3. The zero-order chi connectivity index (χ0) is 13.2. The first kappa shape index (κ1) is 13.0. The van der Waals surface area contributed by atoms with Crippen LogP contribution in [0.25, 0.3) is 10.8 Å². The maximum Gasteiger partial charge on any atom is 0.0829 e. The molecular weight excluding hydrogens is 224 g/mol. The van der Waals surface area contributed by atoms with E-state index in [-0.39, 0.29) is 11.6 Å². The molecule has 2 aromatic carbocycles. The highest BCUT2D eigenvalue weighted by molar-refractivity contribution is 5.83. The van der Waals surface area contributed by atoms with Gasteiger partial charge in [-0.3, -0.25) is 11.3 Å². The Bertz CT molecular complexity index is 537. The van der Waals surface area contributed by atoms with E-state index >= 15 is 0 Å². The van der Waals surface area contributed by atoms with E-state index in [0.717, 1.165) is 5.56 Å². The second-order valence-corrected chi connectivity index (χ2v) is 5.01. The topological polar surface area (TPSA) is 47.3 Å². The van der Waals surface area contributed by atoms with Crippen molar-refractivity contribution in [1.82, 2.24) is 5.43 Å². The molecule has 0 aliphatic carbocycles. The third-order valence-corrected chi connectivity index (χ3v) is 3.49. The molecule has 0 radical (unpaired) electrons. The molecule has 3 N–H and O–H groups in total. The van der Waals surface area contributed by atoms with Gasteiger partial charge in [-0.2, -0.15) is 0 Å². The smallest absolute Gasteiger partial charge is 0.0829 e. The Morgan fingerprint density at radius 2 is 1.78 bits per heavy atom. The van der Waals surface area contributed by atoms with Crippen molar-refractivity contribution in [3.8, 4) is 0 Å². The summed E-state index contributed by atoms with van der Waals surface area (Å²) in [6, 6.07) is 14.6. The van der Waals surface area contributed by atoms with Crippen molar-refractivity contribution < 1.29 is 4.74 Å². The van der Waals surface area contributed by atoms with Crippen LogP contribution in [0, 0.1) is 0 Å². The molecule has 0 saturated carbocycles. The molecule has 2 aromatic rings. The van der Waals surface area contributed by atoms with Crippen LogP contribution in [0.5, 0.6) is 0 Å². The molecule has 0 aliphatic rings. The quantitative estimate of drug-likeness (QED) is 0.642. The minimum Gasteiger partial charge on any atom is -0.377 e. The van der Waals surface area contributed by atoms with E-state index in [1.165, 1.54) is 10.8 Å². The normalized spacial score (nSPS) is 13.8. The van der Waals surface area contributed by atoms with Crippen molar-refractivity contribution >= 4 is 10.8 Å². The minimum absolute atomic E-state index is 0.0490. The lowest BCUT2D eigenvalue weighted by atomic mass is 9.91. The summed E-state index contributed by atoms with van der Waals surface area (Å²) >= 11 is 0. The zero-order valence-electron chi connectivity index (χ0n) is 11.1. The van der Waals surface area contributed by atoms with Crippen LogP contribution in [-0.2, 0) is 4.74 Å². The first-order chi connectivity index (χ1) is 8.58. The minimum atomic E-state index is -0.364. The van der Waals surface area contributed by atoms with Crippen molar-refractivity contribution in [3.05, 3.63) is 48.0 Å². The third-order valence-electron chi connectivity index (χ3n) is 3.49. The maximum atomic E-state index is 5.68. The van der Waals surface area contributed by atoms with Gasteiger partial charge in [0, 0.05) is 7.11 Å². The summed E-state index contributed by atoms with van der Waals surface area (Å²) in [5.74, 6) is 5.68. The van der Waals surface area contributed by atoms with Gasteiger partial charge in [-0.05, 0) is 36.2 Å². The van der Waals surface area contributed by atoms with Gasteiger partial charge >= 0.3 is 0 Å². The van der Waals surface area contributed by atoms with Crippen LogP contribution < -0.4 is 11.3 Å². The SMILES string of the molecule is COC(C)(C)C(NN)c1ccc2ccccc2c1.